The number of hydrogen-bond acceptors (Lipinski definition) is 1. The molecule has 1 rings (SSSR count). The minimum absolute atomic E-state index is 0.766. The van der Waals surface area contributed by atoms with E-state index in [1.807, 2.05) is 37.3 Å². The Morgan fingerprint density at radius 2 is 1.91 bits per heavy atom. The Morgan fingerprint density at radius 3 is 2.45 bits per heavy atom. The van der Waals surface area contributed by atoms with Gasteiger partial charge in [-0.15, -0.1) is 0 Å². The molecule has 0 saturated heterocycles. The van der Waals surface area contributed by atoms with Crippen LogP contribution in [-0.2, 0) is 10.7 Å². The Balaban J connectivity index is 2.58. The SMILES string of the molecule is CC[PH](=O)Cc1ccccc1. The second kappa shape index (κ2) is 4.35. The molecule has 0 aliphatic rings. The van der Waals surface area contributed by atoms with Crippen molar-refractivity contribution in [3.8, 4) is 0 Å². The maximum Gasteiger partial charge on any atom is 0.0801 e. The molecule has 0 saturated carbocycles. The van der Waals surface area contributed by atoms with E-state index in [-0.39, 0.29) is 0 Å². The summed E-state index contributed by atoms with van der Waals surface area (Å²) in [6.07, 6.45) is 1.58. The Labute approximate surface area is 68.2 Å². The molecule has 0 amide bonds. The molecule has 60 valence electrons. The lowest BCUT2D eigenvalue weighted by Crippen LogP contribution is -1.78. The van der Waals surface area contributed by atoms with Crippen LogP contribution in [0.15, 0.2) is 30.3 Å². The van der Waals surface area contributed by atoms with Gasteiger partial charge in [-0.3, -0.25) is 0 Å². The van der Waals surface area contributed by atoms with E-state index in [2.05, 4.69) is 0 Å². The Morgan fingerprint density at radius 1 is 1.27 bits per heavy atom. The third kappa shape index (κ3) is 2.90. The van der Waals surface area contributed by atoms with E-state index in [4.69, 9.17) is 0 Å². The van der Waals surface area contributed by atoms with E-state index in [0.29, 0.717) is 0 Å². The van der Waals surface area contributed by atoms with Gasteiger partial charge in [0.1, 0.15) is 0 Å². The van der Waals surface area contributed by atoms with Gasteiger partial charge in [-0.2, -0.15) is 0 Å². The molecule has 0 heterocycles. The zero-order valence-corrected chi connectivity index (χ0v) is 7.71. The Bertz CT molecular complexity index is 231. The smallest absolute Gasteiger partial charge is 0.0801 e. The predicted octanol–water partition coefficient (Wildman–Crippen LogP) is 2.77. The van der Waals surface area contributed by atoms with Gasteiger partial charge in [-0.1, -0.05) is 37.3 Å². The molecule has 1 atom stereocenters. The molecule has 0 spiro atoms. The van der Waals surface area contributed by atoms with Crippen LogP contribution in [0.2, 0.25) is 0 Å². The highest BCUT2D eigenvalue weighted by Gasteiger charge is 1.96. The molecule has 0 N–H and O–H groups in total. The van der Waals surface area contributed by atoms with Crippen LogP contribution in [0.1, 0.15) is 12.5 Å². The van der Waals surface area contributed by atoms with Crippen molar-refractivity contribution in [1.29, 1.82) is 0 Å². The quantitative estimate of drug-likeness (QED) is 0.634. The topological polar surface area (TPSA) is 17.1 Å². The van der Waals surface area contributed by atoms with Crippen molar-refractivity contribution in [1.82, 2.24) is 0 Å². The normalized spacial score (nSPS) is 12.8. The van der Waals surface area contributed by atoms with Crippen molar-refractivity contribution < 1.29 is 4.57 Å². The van der Waals surface area contributed by atoms with Crippen molar-refractivity contribution >= 4 is 7.80 Å². The maximum absolute atomic E-state index is 11.2. The van der Waals surface area contributed by atoms with Gasteiger partial charge in [0, 0.05) is 6.16 Å². The van der Waals surface area contributed by atoms with Crippen LogP contribution in [0.4, 0.5) is 0 Å². The summed E-state index contributed by atoms with van der Waals surface area (Å²) in [7, 11) is -1.33. The largest absolute Gasteiger partial charge is 0.327 e. The highest BCUT2D eigenvalue weighted by molar-refractivity contribution is 7.43. The van der Waals surface area contributed by atoms with Gasteiger partial charge in [0.2, 0.25) is 0 Å². The molecule has 2 heteroatoms. The van der Waals surface area contributed by atoms with E-state index in [9.17, 15) is 4.57 Å². The van der Waals surface area contributed by atoms with Crippen molar-refractivity contribution in [2.75, 3.05) is 6.16 Å². The lowest BCUT2D eigenvalue weighted by Gasteiger charge is -1.97. The summed E-state index contributed by atoms with van der Waals surface area (Å²) in [5.74, 6) is 0. The average molecular weight is 168 g/mol. The Hall–Kier alpha value is -0.550. The number of benzene rings is 1. The molecule has 1 aromatic rings. The standard InChI is InChI=1S/C9H13OP/c1-2-11(10)8-9-6-4-3-5-7-9/h3-7,11H,2,8H2,1H3. The summed E-state index contributed by atoms with van der Waals surface area (Å²) < 4.78 is 11.2. The van der Waals surface area contributed by atoms with E-state index in [0.717, 1.165) is 12.3 Å². The zero-order valence-electron chi connectivity index (χ0n) is 6.71. The molecule has 0 aromatic heterocycles. The fourth-order valence-electron chi connectivity index (χ4n) is 0.949. The molecule has 0 aliphatic carbocycles. The van der Waals surface area contributed by atoms with Gasteiger partial charge in [-0.05, 0) is 11.7 Å². The van der Waals surface area contributed by atoms with Crippen LogP contribution in [0.25, 0.3) is 0 Å². The fourth-order valence-corrected chi connectivity index (χ4v) is 1.89. The third-order valence-electron chi connectivity index (χ3n) is 1.64. The molecule has 0 aliphatic heterocycles. The van der Waals surface area contributed by atoms with E-state index < -0.39 is 7.80 Å². The minimum atomic E-state index is -1.33. The Kier molecular flexibility index (Phi) is 3.38. The third-order valence-corrected chi connectivity index (χ3v) is 3.23. The molecular weight excluding hydrogens is 155 g/mol. The summed E-state index contributed by atoms with van der Waals surface area (Å²) >= 11 is 0. The van der Waals surface area contributed by atoms with Crippen LogP contribution < -0.4 is 0 Å². The van der Waals surface area contributed by atoms with Crippen LogP contribution in [0.3, 0.4) is 0 Å². The molecular formula is C9H13OP. The maximum atomic E-state index is 11.2. The van der Waals surface area contributed by atoms with Crippen LogP contribution >= 0.6 is 7.80 Å². The van der Waals surface area contributed by atoms with Crippen molar-refractivity contribution in [2.24, 2.45) is 0 Å². The number of rotatable bonds is 3. The van der Waals surface area contributed by atoms with Crippen molar-refractivity contribution in [3.05, 3.63) is 35.9 Å². The molecule has 0 bridgehead atoms. The molecule has 1 unspecified atom stereocenters. The predicted molar refractivity (Wildman–Crippen MR) is 49.7 cm³/mol. The first-order valence-electron chi connectivity index (χ1n) is 3.88. The first kappa shape index (κ1) is 8.55. The average Bonchev–Trinajstić information content (AvgIpc) is 2.06. The van der Waals surface area contributed by atoms with Gasteiger partial charge in [-0.25, -0.2) is 0 Å². The monoisotopic (exact) mass is 168 g/mol. The summed E-state index contributed by atoms with van der Waals surface area (Å²) in [4.78, 5) is 0. The molecule has 11 heavy (non-hydrogen) atoms. The first-order valence-corrected chi connectivity index (χ1v) is 5.71. The van der Waals surface area contributed by atoms with Gasteiger partial charge >= 0.3 is 0 Å². The lowest BCUT2D eigenvalue weighted by atomic mass is 10.2. The summed E-state index contributed by atoms with van der Waals surface area (Å²) in [6, 6.07) is 10.0. The molecule has 1 nitrogen and oxygen atoms in total. The molecule has 0 radical (unpaired) electrons. The highest BCUT2D eigenvalue weighted by atomic mass is 31.1. The van der Waals surface area contributed by atoms with E-state index in [1.54, 1.807) is 0 Å². The van der Waals surface area contributed by atoms with Crippen molar-refractivity contribution in [3.63, 3.8) is 0 Å². The van der Waals surface area contributed by atoms with Crippen LogP contribution in [0, 0.1) is 0 Å². The van der Waals surface area contributed by atoms with Crippen LogP contribution in [0.5, 0.6) is 0 Å². The number of hydrogen-bond donors (Lipinski definition) is 0. The summed E-state index contributed by atoms with van der Waals surface area (Å²) in [5.41, 5.74) is 1.19. The zero-order chi connectivity index (χ0) is 8.10. The van der Waals surface area contributed by atoms with Gasteiger partial charge < -0.3 is 4.57 Å². The second-order valence-electron chi connectivity index (χ2n) is 2.55. The fraction of sp³-hybridized carbons (Fsp3) is 0.333. The van der Waals surface area contributed by atoms with E-state index >= 15 is 0 Å². The molecule has 0 fully saturated rings. The minimum Gasteiger partial charge on any atom is -0.327 e. The first-order chi connectivity index (χ1) is 5.33. The van der Waals surface area contributed by atoms with Crippen molar-refractivity contribution in [2.45, 2.75) is 13.1 Å². The van der Waals surface area contributed by atoms with E-state index in [1.165, 1.54) is 5.56 Å². The van der Waals surface area contributed by atoms with Gasteiger partial charge in [0.25, 0.3) is 0 Å². The second-order valence-corrected chi connectivity index (χ2v) is 4.69. The highest BCUT2D eigenvalue weighted by Crippen LogP contribution is 2.25. The van der Waals surface area contributed by atoms with Gasteiger partial charge in [0.15, 0.2) is 0 Å². The molecule has 1 aromatic carbocycles. The summed E-state index contributed by atoms with van der Waals surface area (Å²) in [5, 5.41) is 0. The summed E-state index contributed by atoms with van der Waals surface area (Å²) in [6.45, 7) is 1.98. The lowest BCUT2D eigenvalue weighted by molar-refractivity contribution is 0.588. The van der Waals surface area contributed by atoms with Crippen LogP contribution in [-0.4, -0.2) is 6.16 Å². The van der Waals surface area contributed by atoms with Gasteiger partial charge in [0.05, 0.1) is 7.80 Å².